The van der Waals surface area contributed by atoms with Gasteiger partial charge in [0, 0.05) is 28.7 Å². The number of aliphatic hydroxyl groups excluding tert-OH is 1. The molecule has 350 valence electrons. The van der Waals surface area contributed by atoms with Crippen molar-refractivity contribution in [2.75, 3.05) is 10.6 Å². The Hall–Kier alpha value is -7.15. The predicted octanol–water partition coefficient (Wildman–Crippen LogP) is 9.77. The summed E-state index contributed by atoms with van der Waals surface area (Å²) in [6, 6.07) is 18.9. The number of hydrogen-bond acceptors (Lipinski definition) is 10. The number of ketones is 1. The number of aliphatic hydroxyl groups is 3. The lowest BCUT2D eigenvalue weighted by Gasteiger charge is -2.26. The number of anilines is 2. The minimum absolute atomic E-state index is 0. The van der Waals surface area contributed by atoms with Crippen LogP contribution in [0.25, 0.3) is 33.4 Å². The van der Waals surface area contributed by atoms with Crippen molar-refractivity contribution < 1.29 is 46.5 Å². The third-order valence-electron chi connectivity index (χ3n) is 11.0. The van der Waals surface area contributed by atoms with Crippen LogP contribution in [0.1, 0.15) is 82.4 Å². The molecule has 3 atom stereocenters. The van der Waals surface area contributed by atoms with Gasteiger partial charge in [0.05, 0.1) is 34.7 Å². The molecule has 0 aliphatic heterocycles. The Morgan fingerprint density at radius 2 is 1.01 bits per heavy atom. The van der Waals surface area contributed by atoms with Crippen LogP contribution in [-0.2, 0) is 0 Å². The third kappa shape index (κ3) is 10.5. The molecule has 12 nitrogen and oxygen atoms in total. The van der Waals surface area contributed by atoms with Gasteiger partial charge in [-0.2, -0.15) is 9.97 Å². The number of fused-ring (bicyclic) bond motifs is 2. The fourth-order valence-corrected chi connectivity index (χ4v) is 6.68. The first kappa shape index (κ1) is 49.3. The van der Waals surface area contributed by atoms with E-state index in [0.29, 0.717) is 16.3 Å². The number of nitrogens with one attached hydrogen (secondary N) is 2. The van der Waals surface area contributed by atoms with Crippen LogP contribution in [0.4, 0.5) is 38.2 Å². The highest BCUT2D eigenvalue weighted by Gasteiger charge is 2.28. The molecule has 0 saturated carbocycles. The van der Waals surface area contributed by atoms with Gasteiger partial charge in [-0.05, 0) is 120 Å². The molecule has 0 radical (unpaired) electrons. The van der Waals surface area contributed by atoms with Gasteiger partial charge in [0.25, 0.3) is 0 Å². The molecule has 4 aromatic heterocycles. The van der Waals surface area contributed by atoms with E-state index in [1.165, 1.54) is 77.6 Å². The number of hydrogen-bond donors (Lipinski definition) is 5. The average molecular weight is 927 g/mol. The first-order chi connectivity index (χ1) is 31.1. The van der Waals surface area contributed by atoms with Gasteiger partial charge in [-0.15, -0.1) is 0 Å². The summed E-state index contributed by atoms with van der Waals surface area (Å²) in [5.41, 5.74) is -2.30. The summed E-state index contributed by atoms with van der Waals surface area (Å²) in [7, 11) is 0. The Bertz CT molecular complexity index is 3020. The van der Waals surface area contributed by atoms with E-state index < -0.39 is 81.5 Å². The van der Waals surface area contributed by atoms with Gasteiger partial charge in [0.15, 0.2) is 11.3 Å². The van der Waals surface area contributed by atoms with Crippen LogP contribution in [0.5, 0.6) is 0 Å². The first-order valence-corrected chi connectivity index (χ1v) is 20.5. The SMILES string of the molecule is C.C[C@H](Nc1ncc2cc(C(=O)c3ccc(F)cc3)n(-c3c(F)cccc3F)c2n1)C(C)(C)O.C[C@H](Nc1ncc2cc(C(O)c3ccc(F)cc3)n(-c3c(F)cccc3F)c2n1)C(C)(C)O. The van der Waals surface area contributed by atoms with Crippen molar-refractivity contribution in [1.29, 1.82) is 0 Å². The molecule has 0 aliphatic carbocycles. The van der Waals surface area contributed by atoms with E-state index in [4.69, 9.17) is 0 Å². The van der Waals surface area contributed by atoms with Crippen molar-refractivity contribution in [2.45, 2.75) is 78.4 Å². The molecule has 4 heterocycles. The molecule has 0 aliphatic rings. The Balaban J connectivity index is 0.000000218. The second-order valence-electron chi connectivity index (χ2n) is 16.7. The Labute approximate surface area is 381 Å². The number of nitrogens with zero attached hydrogens (tertiary/aromatic N) is 6. The Kier molecular flexibility index (Phi) is 14.2. The predicted molar refractivity (Wildman–Crippen MR) is 243 cm³/mol. The smallest absolute Gasteiger partial charge is 0.224 e. The zero-order valence-corrected chi connectivity index (χ0v) is 36.3. The molecular weight excluding hydrogens is 879 g/mol. The summed E-state index contributed by atoms with van der Waals surface area (Å²) < 4.78 is 88.2. The lowest BCUT2D eigenvalue weighted by Crippen LogP contribution is -2.39. The molecule has 0 fully saturated rings. The summed E-state index contributed by atoms with van der Waals surface area (Å²) in [5, 5.41) is 38.2. The Morgan fingerprint density at radius 3 is 1.46 bits per heavy atom. The molecule has 0 spiro atoms. The van der Waals surface area contributed by atoms with Gasteiger partial charge in [0.2, 0.25) is 17.7 Å². The van der Waals surface area contributed by atoms with Crippen molar-refractivity contribution in [3.8, 4) is 11.4 Å². The summed E-state index contributed by atoms with van der Waals surface area (Å²) in [6.45, 7) is 9.94. The molecule has 4 aromatic carbocycles. The molecule has 8 aromatic rings. The molecule has 8 rings (SSSR count). The minimum atomic E-state index is -1.33. The van der Waals surface area contributed by atoms with E-state index in [1.807, 2.05) is 0 Å². The van der Waals surface area contributed by atoms with E-state index >= 15 is 0 Å². The van der Waals surface area contributed by atoms with Crippen molar-refractivity contribution in [3.63, 3.8) is 0 Å². The molecule has 0 saturated heterocycles. The number of aromatic nitrogens is 6. The number of carbonyl (C=O) groups excluding carboxylic acids is 1. The van der Waals surface area contributed by atoms with Gasteiger partial charge in [-0.3, -0.25) is 13.9 Å². The normalized spacial score (nSPS) is 13.1. The summed E-state index contributed by atoms with van der Waals surface area (Å²) >= 11 is 0. The fourth-order valence-electron chi connectivity index (χ4n) is 6.68. The Morgan fingerprint density at radius 1 is 0.612 bits per heavy atom. The first-order valence-electron chi connectivity index (χ1n) is 20.5. The van der Waals surface area contributed by atoms with Crippen molar-refractivity contribution in [1.82, 2.24) is 29.1 Å². The van der Waals surface area contributed by atoms with Gasteiger partial charge in [0.1, 0.15) is 52.4 Å². The maximum atomic E-state index is 14.8. The van der Waals surface area contributed by atoms with E-state index in [-0.39, 0.29) is 47.6 Å². The highest BCUT2D eigenvalue weighted by molar-refractivity contribution is 6.10. The van der Waals surface area contributed by atoms with E-state index in [1.54, 1.807) is 41.5 Å². The number of rotatable bonds is 12. The van der Waals surface area contributed by atoms with Crippen LogP contribution in [0.15, 0.2) is 109 Å². The van der Waals surface area contributed by atoms with Crippen LogP contribution in [0, 0.1) is 34.9 Å². The van der Waals surface area contributed by atoms with Crippen LogP contribution < -0.4 is 10.6 Å². The summed E-state index contributed by atoms with van der Waals surface area (Å²) in [6.07, 6.45) is 1.54. The maximum absolute atomic E-state index is 14.8. The van der Waals surface area contributed by atoms with E-state index in [0.717, 1.165) is 41.0 Å². The minimum Gasteiger partial charge on any atom is -0.388 e. The van der Waals surface area contributed by atoms with Crippen LogP contribution in [0.2, 0.25) is 0 Å². The monoisotopic (exact) mass is 926 g/mol. The molecule has 1 unspecified atom stereocenters. The number of halogens is 6. The van der Waals surface area contributed by atoms with Gasteiger partial charge < -0.3 is 26.0 Å². The third-order valence-corrected chi connectivity index (χ3v) is 11.0. The maximum Gasteiger partial charge on any atom is 0.224 e. The number of carbonyl (C=O) groups is 1. The highest BCUT2D eigenvalue weighted by atomic mass is 19.2. The standard InChI is InChI=1S/C24H23F3N4O2.C24H21F3N4O2.CH4/c2*1-13(24(2,3)33)29-23-28-12-15-11-19(21(32)14-7-9-16(25)10-8-14)31(22(15)30-23)20-17(26)5-4-6-18(20)27;/h4-13,21,32-33H,1-3H3,(H,28,29,30);4-13,33H,1-3H3,(H,28,29,30);1H4/t13-,21?;13-;/m00./s1. The zero-order chi connectivity index (χ0) is 47.8. The lowest BCUT2D eigenvalue weighted by atomic mass is 10.0. The van der Waals surface area contributed by atoms with E-state index in [2.05, 4.69) is 30.6 Å². The summed E-state index contributed by atoms with van der Waals surface area (Å²) in [5.74, 6) is -4.81. The van der Waals surface area contributed by atoms with Crippen molar-refractivity contribution >= 4 is 39.7 Å². The summed E-state index contributed by atoms with van der Waals surface area (Å²) in [4.78, 5) is 30.5. The molecule has 0 bridgehead atoms. The van der Waals surface area contributed by atoms with Crippen LogP contribution in [0.3, 0.4) is 0 Å². The fraction of sp³-hybridized carbons (Fsp3) is 0.245. The number of para-hydroxylation sites is 2. The second-order valence-corrected chi connectivity index (χ2v) is 16.7. The molecular formula is C49H48F6N8O4. The molecule has 0 amide bonds. The van der Waals surface area contributed by atoms with Crippen molar-refractivity contribution in [2.24, 2.45) is 0 Å². The van der Waals surface area contributed by atoms with Crippen LogP contribution >= 0.6 is 0 Å². The number of benzene rings is 4. The van der Waals surface area contributed by atoms with Gasteiger partial charge >= 0.3 is 0 Å². The second kappa shape index (κ2) is 19.4. The molecule has 18 heteroatoms. The largest absolute Gasteiger partial charge is 0.388 e. The molecule has 5 N–H and O–H groups in total. The molecule has 67 heavy (non-hydrogen) atoms. The van der Waals surface area contributed by atoms with Crippen LogP contribution in [-0.4, -0.2) is 73.5 Å². The van der Waals surface area contributed by atoms with Gasteiger partial charge in [-0.1, -0.05) is 31.7 Å². The highest BCUT2D eigenvalue weighted by Crippen LogP contribution is 2.34. The average Bonchev–Trinajstić information content (AvgIpc) is 3.81. The zero-order valence-electron chi connectivity index (χ0n) is 36.3. The van der Waals surface area contributed by atoms with Gasteiger partial charge in [-0.25, -0.2) is 36.3 Å². The van der Waals surface area contributed by atoms with Crippen molar-refractivity contribution in [3.05, 3.63) is 167 Å². The van der Waals surface area contributed by atoms with E-state index in [9.17, 15) is 46.5 Å². The quantitative estimate of drug-likeness (QED) is 0.0589. The topological polar surface area (TPSA) is 163 Å². The lowest BCUT2D eigenvalue weighted by molar-refractivity contribution is 0.0642.